The Morgan fingerprint density at radius 2 is 1.93 bits per heavy atom. The molecule has 3 heterocycles. The second kappa shape index (κ2) is 7.65. The number of amides is 1. The zero-order valence-electron chi connectivity index (χ0n) is 14.4. The molecule has 0 atom stereocenters. The average molecular weight is 359 g/mol. The Kier molecular flexibility index (Phi) is 4.74. The van der Waals surface area contributed by atoms with E-state index in [-0.39, 0.29) is 12.5 Å². The number of imidazole rings is 1. The van der Waals surface area contributed by atoms with Crippen LogP contribution in [0.3, 0.4) is 0 Å². The maximum Gasteiger partial charge on any atom is 0.258 e. The highest BCUT2D eigenvalue weighted by Gasteiger charge is 2.11. The lowest BCUT2D eigenvalue weighted by molar-refractivity contribution is -0.123. The molecule has 1 amide bonds. The fraction of sp³-hybridized carbons (Fsp3) is 0.100. The van der Waals surface area contributed by atoms with Gasteiger partial charge in [0.1, 0.15) is 17.9 Å². The van der Waals surface area contributed by atoms with E-state index in [1.54, 1.807) is 37.1 Å². The number of aromatic nitrogens is 4. The highest BCUT2D eigenvalue weighted by Crippen LogP contribution is 2.19. The van der Waals surface area contributed by atoms with Crippen LogP contribution < -0.4 is 10.1 Å². The summed E-state index contributed by atoms with van der Waals surface area (Å²) in [7, 11) is 0. The molecule has 3 aromatic heterocycles. The molecule has 0 bridgehead atoms. The van der Waals surface area contributed by atoms with Crippen molar-refractivity contribution >= 4 is 16.9 Å². The molecule has 0 radical (unpaired) electrons. The third-order valence-electron chi connectivity index (χ3n) is 4.03. The van der Waals surface area contributed by atoms with E-state index in [0.717, 1.165) is 22.4 Å². The minimum absolute atomic E-state index is 0.0741. The van der Waals surface area contributed by atoms with Gasteiger partial charge < -0.3 is 10.1 Å². The van der Waals surface area contributed by atoms with E-state index in [1.165, 1.54) is 0 Å². The van der Waals surface area contributed by atoms with Gasteiger partial charge in [0.25, 0.3) is 5.91 Å². The summed E-state index contributed by atoms with van der Waals surface area (Å²) >= 11 is 0. The molecule has 1 N–H and O–H groups in total. The minimum atomic E-state index is -0.218. The molecule has 7 heteroatoms. The number of benzene rings is 1. The summed E-state index contributed by atoms with van der Waals surface area (Å²) in [5, 5.41) is 2.86. The van der Waals surface area contributed by atoms with Gasteiger partial charge in [-0.05, 0) is 30.3 Å². The van der Waals surface area contributed by atoms with Crippen molar-refractivity contribution < 1.29 is 9.53 Å². The van der Waals surface area contributed by atoms with Gasteiger partial charge in [0.2, 0.25) is 0 Å². The summed E-state index contributed by atoms with van der Waals surface area (Å²) in [4.78, 5) is 24.9. The lowest BCUT2D eigenvalue weighted by atomic mass is 10.2. The molecule has 0 aliphatic heterocycles. The summed E-state index contributed by atoms with van der Waals surface area (Å²) in [5.41, 5.74) is 2.74. The number of nitrogens with one attached hydrogen (secondary N) is 1. The highest BCUT2D eigenvalue weighted by atomic mass is 16.5. The summed E-state index contributed by atoms with van der Waals surface area (Å²) < 4.78 is 7.33. The summed E-state index contributed by atoms with van der Waals surface area (Å²) in [6.07, 6.45) is 6.68. The molecule has 0 aliphatic carbocycles. The Bertz CT molecular complexity index is 1060. The van der Waals surface area contributed by atoms with Crippen molar-refractivity contribution in [3.8, 4) is 11.6 Å². The van der Waals surface area contributed by atoms with Crippen molar-refractivity contribution in [2.75, 3.05) is 6.61 Å². The average Bonchev–Trinajstić information content (AvgIpc) is 3.16. The molecular weight excluding hydrogens is 342 g/mol. The summed E-state index contributed by atoms with van der Waals surface area (Å²) in [6.45, 7) is 0.264. The predicted molar refractivity (Wildman–Crippen MR) is 100 cm³/mol. The fourth-order valence-corrected chi connectivity index (χ4v) is 2.74. The van der Waals surface area contributed by atoms with Crippen molar-refractivity contribution in [2.45, 2.75) is 6.54 Å². The van der Waals surface area contributed by atoms with Crippen LogP contribution in [0.4, 0.5) is 0 Å². The molecule has 1 aromatic carbocycles. The summed E-state index contributed by atoms with van der Waals surface area (Å²) in [6, 6.07) is 15.1. The second-order valence-corrected chi connectivity index (χ2v) is 5.84. The molecular formula is C20H17N5O2. The Labute approximate surface area is 155 Å². The summed E-state index contributed by atoms with van der Waals surface area (Å²) in [5.74, 6) is 1.07. The normalized spacial score (nSPS) is 10.7. The van der Waals surface area contributed by atoms with Crippen LogP contribution in [0.15, 0.2) is 73.4 Å². The van der Waals surface area contributed by atoms with Gasteiger partial charge in [0, 0.05) is 24.5 Å². The van der Waals surface area contributed by atoms with Crippen LogP contribution in [0.1, 0.15) is 5.56 Å². The number of carbonyl (C=O) groups is 1. The molecule has 7 nitrogen and oxygen atoms in total. The molecule has 4 aromatic rings. The van der Waals surface area contributed by atoms with Crippen molar-refractivity contribution in [1.82, 2.24) is 24.8 Å². The first-order valence-electron chi connectivity index (χ1n) is 8.47. The van der Waals surface area contributed by atoms with E-state index in [2.05, 4.69) is 20.3 Å². The Balaban J connectivity index is 1.46. The van der Waals surface area contributed by atoms with Crippen LogP contribution in [0.2, 0.25) is 0 Å². The first-order valence-corrected chi connectivity index (χ1v) is 8.47. The number of fused-ring (bicyclic) bond motifs is 1. The molecule has 0 saturated heterocycles. The van der Waals surface area contributed by atoms with Gasteiger partial charge >= 0.3 is 0 Å². The van der Waals surface area contributed by atoms with Gasteiger partial charge in [-0.2, -0.15) is 0 Å². The predicted octanol–water partition coefficient (Wildman–Crippen LogP) is 2.51. The second-order valence-electron chi connectivity index (χ2n) is 5.84. The van der Waals surface area contributed by atoms with Gasteiger partial charge in [0.15, 0.2) is 6.61 Å². The van der Waals surface area contributed by atoms with Crippen molar-refractivity contribution in [2.24, 2.45) is 0 Å². The van der Waals surface area contributed by atoms with Gasteiger partial charge in [-0.15, -0.1) is 0 Å². The zero-order valence-corrected chi connectivity index (χ0v) is 14.4. The molecule has 134 valence electrons. The standard InChI is InChI=1S/C20H17N5O2/c26-19(13-27-16-6-4-9-21-12-16)23-11-15-5-3-10-22-20(15)25-14-24-17-7-1-2-8-18(17)25/h1-10,12,14H,11,13H2,(H,23,26). The lowest BCUT2D eigenvalue weighted by Gasteiger charge is -2.11. The topological polar surface area (TPSA) is 81.9 Å². The Morgan fingerprint density at radius 1 is 1.04 bits per heavy atom. The monoisotopic (exact) mass is 359 g/mol. The van der Waals surface area contributed by atoms with Crippen molar-refractivity contribution in [1.29, 1.82) is 0 Å². The van der Waals surface area contributed by atoms with Crippen LogP contribution in [0.25, 0.3) is 16.9 Å². The zero-order chi connectivity index (χ0) is 18.5. The number of rotatable bonds is 6. The number of ether oxygens (including phenoxy) is 1. The van der Waals surface area contributed by atoms with E-state index in [4.69, 9.17) is 4.74 Å². The quantitative estimate of drug-likeness (QED) is 0.572. The third-order valence-corrected chi connectivity index (χ3v) is 4.03. The number of hydrogen-bond donors (Lipinski definition) is 1. The SMILES string of the molecule is O=C(COc1cccnc1)NCc1cccnc1-n1cnc2ccccc21. The molecule has 4 rings (SSSR count). The molecule has 0 unspecified atom stereocenters. The molecule has 27 heavy (non-hydrogen) atoms. The van der Waals surface area contributed by atoms with Gasteiger partial charge in [-0.25, -0.2) is 9.97 Å². The number of nitrogens with zero attached hydrogens (tertiary/aromatic N) is 4. The van der Waals surface area contributed by atoms with Crippen LogP contribution >= 0.6 is 0 Å². The number of carbonyl (C=O) groups excluding carboxylic acids is 1. The first-order chi connectivity index (χ1) is 13.3. The largest absolute Gasteiger partial charge is 0.482 e. The molecule has 0 aliphatic rings. The van der Waals surface area contributed by atoms with E-state index in [0.29, 0.717) is 12.3 Å². The van der Waals surface area contributed by atoms with Crippen LogP contribution in [0, 0.1) is 0 Å². The Hall–Kier alpha value is -3.74. The number of para-hydroxylation sites is 2. The number of pyridine rings is 2. The molecule has 0 fully saturated rings. The fourth-order valence-electron chi connectivity index (χ4n) is 2.74. The first kappa shape index (κ1) is 16.7. The van der Waals surface area contributed by atoms with Gasteiger partial charge in [-0.1, -0.05) is 18.2 Å². The maximum atomic E-state index is 12.1. The highest BCUT2D eigenvalue weighted by molar-refractivity contribution is 5.78. The molecule has 0 saturated carbocycles. The van der Waals surface area contributed by atoms with E-state index in [9.17, 15) is 4.79 Å². The minimum Gasteiger partial charge on any atom is -0.482 e. The van der Waals surface area contributed by atoms with Gasteiger partial charge in [-0.3, -0.25) is 14.3 Å². The lowest BCUT2D eigenvalue weighted by Crippen LogP contribution is -2.29. The van der Waals surface area contributed by atoms with E-state index >= 15 is 0 Å². The van der Waals surface area contributed by atoms with Crippen molar-refractivity contribution in [3.05, 3.63) is 79.0 Å². The van der Waals surface area contributed by atoms with Crippen molar-refractivity contribution in [3.63, 3.8) is 0 Å². The van der Waals surface area contributed by atoms with Crippen LogP contribution in [-0.4, -0.2) is 32.0 Å². The van der Waals surface area contributed by atoms with Crippen LogP contribution in [0.5, 0.6) is 5.75 Å². The Morgan fingerprint density at radius 3 is 2.81 bits per heavy atom. The van der Waals surface area contributed by atoms with Gasteiger partial charge in [0.05, 0.1) is 17.2 Å². The van der Waals surface area contributed by atoms with E-state index in [1.807, 2.05) is 41.0 Å². The third kappa shape index (κ3) is 3.77. The smallest absolute Gasteiger partial charge is 0.258 e. The van der Waals surface area contributed by atoms with E-state index < -0.39 is 0 Å². The maximum absolute atomic E-state index is 12.1. The van der Waals surface area contributed by atoms with Crippen LogP contribution in [-0.2, 0) is 11.3 Å². The molecule has 0 spiro atoms. The number of hydrogen-bond acceptors (Lipinski definition) is 5.